The van der Waals surface area contributed by atoms with Crippen molar-refractivity contribution in [1.29, 1.82) is 0 Å². The molecule has 3 rings (SSSR count). The maximum Gasteiger partial charge on any atom is 0.338 e. The number of anilines is 1. The van der Waals surface area contributed by atoms with Crippen LogP contribution in [0.1, 0.15) is 30.6 Å². The molecule has 0 saturated heterocycles. The number of ether oxygens (including phenoxy) is 3. The van der Waals surface area contributed by atoms with Crippen molar-refractivity contribution < 1.29 is 32.2 Å². The summed E-state index contributed by atoms with van der Waals surface area (Å²) >= 11 is 0. The van der Waals surface area contributed by atoms with Gasteiger partial charge < -0.3 is 19.5 Å². The van der Waals surface area contributed by atoms with Crippen LogP contribution in [-0.2, 0) is 19.6 Å². The summed E-state index contributed by atoms with van der Waals surface area (Å²) in [6, 6.07) is 10.1. The SMILES string of the molecule is CC(C)CCNC(=O)COC(=O)c1ccc(NS(=O)(=O)c2ccc3c(c2)OCCO3)cc1. The summed E-state index contributed by atoms with van der Waals surface area (Å²) in [5.74, 6) is 0.272. The molecule has 1 aliphatic rings. The van der Waals surface area contributed by atoms with E-state index in [1.165, 1.54) is 36.4 Å². The van der Waals surface area contributed by atoms with Crippen LogP contribution in [0.15, 0.2) is 47.4 Å². The topological polar surface area (TPSA) is 120 Å². The van der Waals surface area contributed by atoms with Gasteiger partial charge in [0.15, 0.2) is 18.1 Å². The normalized spacial score (nSPS) is 12.8. The fourth-order valence-corrected chi connectivity index (χ4v) is 3.92. The molecule has 0 spiro atoms. The van der Waals surface area contributed by atoms with Crippen molar-refractivity contribution in [2.75, 3.05) is 31.1 Å². The van der Waals surface area contributed by atoms with Crippen molar-refractivity contribution in [3.8, 4) is 11.5 Å². The first-order valence-electron chi connectivity index (χ1n) is 10.2. The summed E-state index contributed by atoms with van der Waals surface area (Å²) in [7, 11) is -3.87. The number of esters is 1. The molecule has 1 heterocycles. The Morgan fingerprint density at radius 3 is 2.41 bits per heavy atom. The van der Waals surface area contributed by atoms with Gasteiger partial charge >= 0.3 is 5.97 Å². The molecule has 0 saturated carbocycles. The van der Waals surface area contributed by atoms with Crippen molar-refractivity contribution in [3.05, 3.63) is 48.0 Å². The molecule has 32 heavy (non-hydrogen) atoms. The number of carbonyl (C=O) groups is 2. The summed E-state index contributed by atoms with van der Waals surface area (Å²) in [5, 5.41) is 2.68. The predicted molar refractivity (Wildman–Crippen MR) is 117 cm³/mol. The highest BCUT2D eigenvalue weighted by Crippen LogP contribution is 2.32. The van der Waals surface area contributed by atoms with Gasteiger partial charge in [-0.2, -0.15) is 0 Å². The monoisotopic (exact) mass is 462 g/mol. The average molecular weight is 463 g/mol. The summed E-state index contributed by atoms with van der Waals surface area (Å²) < 4.78 is 43.6. The number of sulfonamides is 1. The Hall–Kier alpha value is -3.27. The van der Waals surface area contributed by atoms with Crippen LogP contribution in [0.5, 0.6) is 11.5 Å². The summed E-state index contributed by atoms with van der Waals surface area (Å²) in [4.78, 5) is 23.9. The molecule has 2 N–H and O–H groups in total. The number of hydrogen-bond acceptors (Lipinski definition) is 7. The molecule has 1 amide bonds. The Balaban J connectivity index is 1.56. The van der Waals surface area contributed by atoms with E-state index in [-0.39, 0.29) is 28.7 Å². The highest BCUT2D eigenvalue weighted by atomic mass is 32.2. The molecule has 2 aromatic carbocycles. The van der Waals surface area contributed by atoms with Crippen molar-refractivity contribution in [2.24, 2.45) is 5.92 Å². The van der Waals surface area contributed by atoms with Gasteiger partial charge in [0.2, 0.25) is 0 Å². The van der Waals surface area contributed by atoms with Gasteiger partial charge in [-0.3, -0.25) is 9.52 Å². The number of hydrogen-bond donors (Lipinski definition) is 2. The maximum absolute atomic E-state index is 12.7. The minimum atomic E-state index is -3.87. The van der Waals surface area contributed by atoms with Crippen LogP contribution in [0.25, 0.3) is 0 Å². The predicted octanol–water partition coefficient (Wildman–Crippen LogP) is 2.58. The molecule has 0 radical (unpaired) electrons. The number of nitrogens with one attached hydrogen (secondary N) is 2. The van der Waals surface area contributed by atoms with Crippen molar-refractivity contribution in [2.45, 2.75) is 25.2 Å². The summed E-state index contributed by atoms with van der Waals surface area (Å²) in [6.45, 7) is 5.00. The van der Waals surface area contributed by atoms with Gasteiger partial charge in [-0.15, -0.1) is 0 Å². The fraction of sp³-hybridized carbons (Fsp3) is 0.364. The van der Waals surface area contributed by atoms with Crippen LogP contribution in [0.4, 0.5) is 5.69 Å². The van der Waals surface area contributed by atoms with Crippen LogP contribution >= 0.6 is 0 Å². The van der Waals surface area contributed by atoms with Gasteiger partial charge in [-0.05, 0) is 48.7 Å². The lowest BCUT2D eigenvalue weighted by Gasteiger charge is -2.19. The van der Waals surface area contributed by atoms with E-state index in [1.54, 1.807) is 6.07 Å². The first-order chi connectivity index (χ1) is 15.2. The van der Waals surface area contributed by atoms with Crippen molar-refractivity contribution >= 4 is 27.6 Å². The van der Waals surface area contributed by atoms with Crippen LogP contribution in [0.2, 0.25) is 0 Å². The Labute approximate surface area is 187 Å². The lowest BCUT2D eigenvalue weighted by atomic mass is 10.1. The highest BCUT2D eigenvalue weighted by Gasteiger charge is 2.20. The number of carbonyl (C=O) groups excluding carboxylic acids is 2. The third-order valence-electron chi connectivity index (χ3n) is 4.57. The first-order valence-corrected chi connectivity index (χ1v) is 11.7. The molecule has 1 aliphatic heterocycles. The van der Waals surface area contributed by atoms with Gasteiger partial charge in [0.05, 0.1) is 10.5 Å². The Morgan fingerprint density at radius 1 is 1.03 bits per heavy atom. The van der Waals surface area contributed by atoms with Gasteiger partial charge in [0, 0.05) is 18.3 Å². The van der Waals surface area contributed by atoms with Crippen LogP contribution in [0, 0.1) is 5.92 Å². The Morgan fingerprint density at radius 2 is 1.72 bits per heavy atom. The van der Waals surface area contributed by atoms with Gasteiger partial charge in [0.1, 0.15) is 13.2 Å². The third kappa shape index (κ3) is 6.36. The van der Waals surface area contributed by atoms with Gasteiger partial charge in [-0.1, -0.05) is 13.8 Å². The molecule has 0 aromatic heterocycles. The molecular formula is C22H26N2O7S. The molecule has 0 unspecified atom stereocenters. The largest absolute Gasteiger partial charge is 0.486 e. The number of amides is 1. The molecule has 9 nitrogen and oxygen atoms in total. The summed E-state index contributed by atoms with van der Waals surface area (Å²) in [5.41, 5.74) is 0.463. The van der Waals surface area contributed by atoms with Crippen LogP contribution < -0.4 is 19.5 Å². The second-order valence-corrected chi connectivity index (χ2v) is 9.28. The van der Waals surface area contributed by atoms with Crippen molar-refractivity contribution in [1.82, 2.24) is 5.32 Å². The van der Waals surface area contributed by atoms with E-state index >= 15 is 0 Å². The minimum Gasteiger partial charge on any atom is -0.486 e. The zero-order chi connectivity index (χ0) is 23.1. The van der Waals surface area contributed by atoms with Gasteiger partial charge in [-0.25, -0.2) is 13.2 Å². The van der Waals surface area contributed by atoms with E-state index in [9.17, 15) is 18.0 Å². The molecule has 2 aromatic rings. The van der Waals surface area contributed by atoms with Gasteiger partial charge in [0.25, 0.3) is 15.9 Å². The molecule has 0 fully saturated rings. The zero-order valence-corrected chi connectivity index (χ0v) is 18.7. The molecule has 10 heteroatoms. The van der Waals surface area contributed by atoms with E-state index in [4.69, 9.17) is 14.2 Å². The van der Waals surface area contributed by atoms with E-state index in [0.29, 0.717) is 37.2 Å². The van der Waals surface area contributed by atoms with E-state index < -0.39 is 16.0 Å². The second kappa shape index (κ2) is 10.4. The highest BCUT2D eigenvalue weighted by molar-refractivity contribution is 7.92. The Bertz CT molecular complexity index is 1070. The van der Waals surface area contributed by atoms with Crippen LogP contribution in [-0.4, -0.2) is 46.7 Å². The van der Waals surface area contributed by atoms with E-state index in [2.05, 4.69) is 10.0 Å². The van der Waals surface area contributed by atoms with Crippen LogP contribution in [0.3, 0.4) is 0 Å². The fourth-order valence-electron chi connectivity index (χ4n) is 2.84. The van der Waals surface area contributed by atoms with E-state index in [0.717, 1.165) is 6.42 Å². The average Bonchev–Trinajstić information content (AvgIpc) is 2.77. The molecule has 0 aliphatic carbocycles. The maximum atomic E-state index is 12.7. The molecule has 0 bridgehead atoms. The van der Waals surface area contributed by atoms with E-state index in [1.807, 2.05) is 13.8 Å². The Kier molecular flexibility index (Phi) is 7.57. The molecule has 172 valence electrons. The molecular weight excluding hydrogens is 436 g/mol. The standard InChI is InChI=1S/C22H26N2O7S/c1-15(2)9-10-23-21(25)14-31-22(26)16-3-5-17(6-4-16)24-32(27,28)18-7-8-19-20(13-18)30-12-11-29-19/h3-8,13,15,24H,9-12,14H2,1-2H3,(H,23,25). The minimum absolute atomic E-state index is 0.0220. The smallest absolute Gasteiger partial charge is 0.338 e. The zero-order valence-electron chi connectivity index (χ0n) is 17.9. The third-order valence-corrected chi connectivity index (χ3v) is 5.95. The number of fused-ring (bicyclic) bond motifs is 1. The molecule has 0 atom stereocenters. The summed E-state index contributed by atoms with van der Waals surface area (Å²) in [6.07, 6.45) is 0.837. The first kappa shape index (κ1) is 23.4. The second-order valence-electron chi connectivity index (χ2n) is 7.60. The number of rotatable bonds is 9. The lowest BCUT2D eigenvalue weighted by Crippen LogP contribution is -2.30. The lowest BCUT2D eigenvalue weighted by molar-refractivity contribution is -0.124. The quantitative estimate of drug-likeness (QED) is 0.550. The van der Waals surface area contributed by atoms with Crippen molar-refractivity contribution in [3.63, 3.8) is 0 Å². The number of benzene rings is 2.